The summed E-state index contributed by atoms with van der Waals surface area (Å²) in [7, 11) is 0. The highest BCUT2D eigenvalue weighted by atomic mass is 19.4. The Kier molecular flexibility index (Phi) is 6.34. The zero-order chi connectivity index (χ0) is 23.0. The van der Waals surface area contributed by atoms with Crippen LogP contribution in [0.5, 0.6) is 0 Å². The first kappa shape index (κ1) is 23.1. The van der Waals surface area contributed by atoms with Crippen molar-refractivity contribution in [3.05, 3.63) is 35.4 Å². The number of hydrogen-bond donors (Lipinski definition) is 1. The fourth-order valence-electron chi connectivity index (χ4n) is 4.17. The number of nitrogens with one attached hydrogen (secondary N) is 1. The van der Waals surface area contributed by atoms with Gasteiger partial charge in [0.15, 0.2) is 0 Å². The van der Waals surface area contributed by atoms with Gasteiger partial charge in [-0.2, -0.15) is 13.2 Å². The number of carbonyl (C=O) groups excluding carboxylic acids is 3. The topological polar surface area (TPSA) is 69.7 Å². The van der Waals surface area contributed by atoms with Gasteiger partial charge in [0, 0.05) is 31.5 Å². The van der Waals surface area contributed by atoms with E-state index in [0.29, 0.717) is 13.0 Å². The van der Waals surface area contributed by atoms with E-state index in [0.717, 1.165) is 12.5 Å². The molecule has 3 rings (SSSR count). The molecule has 9 heteroatoms. The Morgan fingerprint density at radius 2 is 1.84 bits per heavy atom. The van der Waals surface area contributed by atoms with Crippen LogP contribution in [0.4, 0.5) is 13.2 Å². The number of rotatable bonds is 4. The highest BCUT2D eigenvalue weighted by molar-refractivity contribution is 5.91. The highest BCUT2D eigenvalue weighted by Gasteiger charge is 2.41. The van der Waals surface area contributed by atoms with E-state index < -0.39 is 29.2 Å². The van der Waals surface area contributed by atoms with Crippen LogP contribution in [-0.2, 0) is 27.1 Å². The van der Waals surface area contributed by atoms with E-state index in [1.807, 2.05) is 0 Å². The Morgan fingerprint density at radius 1 is 1.16 bits per heavy atom. The van der Waals surface area contributed by atoms with Crippen molar-refractivity contribution < 1.29 is 27.6 Å². The maximum absolute atomic E-state index is 13.2. The molecule has 2 fully saturated rings. The van der Waals surface area contributed by atoms with Gasteiger partial charge in [-0.15, -0.1) is 0 Å². The van der Waals surface area contributed by atoms with Gasteiger partial charge in [-0.25, -0.2) is 0 Å². The maximum atomic E-state index is 13.2. The lowest BCUT2D eigenvalue weighted by molar-refractivity contribution is -0.144. The Morgan fingerprint density at radius 3 is 2.48 bits per heavy atom. The van der Waals surface area contributed by atoms with Crippen LogP contribution >= 0.6 is 0 Å². The van der Waals surface area contributed by atoms with E-state index in [9.17, 15) is 27.6 Å². The lowest BCUT2D eigenvalue weighted by Crippen LogP contribution is -2.51. The van der Waals surface area contributed by atoms with Crippen LogP contribution in [0.25, 0.3) is 0 Å². The number of halogens is 3. The predicted molar refractivity (Wildman–Crippen MR) is 108 cm³/mol. The van der Waals surface area contributed by atoms with E-state index in [-0.39, 0.29) is 42.8 Å². The monoisotopic (exact) mass is 439 g/mol. The van der Waals surface area contributed by atoms with Crippen LogP contribution in [0.1, 0.15) is 51.2 Å². The number of carbonyl (C=O) groups is 3. The quantitative estimate of drug-likeness (QED) is 0.784. The van der Waals surface area contributed by atoms with Crippen LogP contribution < -0.4 is 5.32 Å². The van der Waals surface area contributed by atoms with Crippen LogP contribution in [-0.4, -0.2) is 52.7 Å². The minimum Gasteiger partial charge on any atom is -0.349 e. The maximum Gasteiger partial charge on any atom is 0.416 e. The Labute approximate surface area is 179 Å². The second-order valence-corrected chi connectivity index (χ2v) is 9.25. The van der Waals surface area contributed by atoms with Gasteiger partial charge in [-0.1, -0.05) is 39.0 Å². The largest absolute Gasteiger partial charge is 0.416 e. The lowest BCUT2D eigenvalue weighted by Gasteiger charge is -2.30. The summed E-state index contributed by atoms with van der Waals surface area (Å²) in [6, 6.07) is 4.10. The molecule has 2 saturated heterocycles. The number of likely N-dealkylation sites (tertiary alicyclic amines) is 2. The van der Waals surface area contributed by atoms with Crippen molar-refractivity contribution in [2.24, 2.45) is 5.41 Å². The second-order valence-electron chi connectivity index (χ2n) is 9.25. The molecular formula is C22H28F3N3O3. The number of nitrogens with zero attached hydrogens (tertiary/aromatic N) is 2. The zero-order valence-electron chi connectivity index (χ0n) is 18.0. The van der Waals surface area contributed by atoms with Crippen molar-refractivity contribution in [2.45, 2.75) is 64.8 Å². The van der Waals surface area contributed by atoms with Gasteiger partial charge < -0.3 is 15.1 Å². The van der Waals surface area contributed by atoms with E-state index in [1.54, 1.807) is 25.7 Å². The summed E-state index contributed by atoms with van der Waals surface area (Å²) in [6.07, 6.45) is -3.20. The molecule has 3 amide bonds. The molecular weight excluding hydrogens is 411 g/mol. The molecule has 0 saturated carbocycles. The standard InChI is InChI=1S/C22H28F3N3O3/c1-21(2,3)20(31)28-10-6-9-17(28)19(30)26-15-11-18(29)27(13-15)12-14-7-4-5-8-16(14)22(23,24)25/h4-5,7-8,15,17H,6,9-13H2,1-3H3,(H,26,30). The molecule has 0 bridgehead atoms. The molecule has 0 radical (unpaired) electrons. The summed E-state index contributed by atoms with van der Waals surface area (Å²) in [5.74, 6) is -0.722. The van der Waals surface area contributed by atoms with Crippen molar-refractivity contribution in [1.29, 1.82) is 0 Å². The Hall–Kier alpha value is -2.58. The van der Waals surface area contributed by atoms with Crippen molar-refractivity contribution in [2.75, 3.05) is 13.1 Å². The molecule has 170 valence electrons. The third-order valence-corrected chi connectivity index (χ3v) is 5.70. The lowest BCUT2D eigenvalue weighted by atomic mass is 9.94. The van der Waals surface area contributed by atoms with E-state index >= 15 is 0 Å². The molecule has 0 aromatic heterocycles. The molecule has 2 unspecified atom stereocenters. The van der Waals surface area contributed by atoms with Gasteiger partial charge in [0.25, 0.3) is 0 Å². The molecule has 2 aliphatic heterocycles. The van der Waals surface area contributed by atoms with Crippen LogP contribution in [0, 0.1) is 5.41 Å². The van der Waals surface area contributed by atoms with Gasteiger partial charge in [-0.05, 0) is 24.5 Å². The molecule has 1 aromatic rings. The average molecular weight is 439 g/mol. The first-order valence-corrected chi connectivity index (χ1v) is 10.4. The summed E-state index contributed by atoms with van der Waals surface area (Å²) in [6.45, 7) is 5.88. The highest BCUT2D eigenvalue weighted by Crippen LogP contribution is 2.33. The molecule has 2 atom stereocenters. The van der Waals surface area contributed by atoms with E-state index in [4.69, 9.17) is 0 Å². The fraction of sp³-hybridized carbons (Fsp3) is 0.591. The first-order chi connectivity index (χ1) is 14.4. The SMILES string of the molecule is CC(C)(C)C(=O)N1CCCC1C(=O)NC1CC(=O)N(Cc2ccccc2C(F)(F)F)C1. The molecule has 6 nitrogen and oxygen atoms in total. The molecule has 1 aromatic carbocycles. The van der Waals surface area contributed by atoms with Crippen LogP contribution in [0.15, 0.2) is 24.3 Å². The summed E-state index contributed by atoms with van der Waals surface area (Å²) >= 11 is 0. The van der Waals surface area contributed by atoms with Crippen molar-refractivity contribution in [3.8, 4) is 0 Å². The van der Waals surface area contributed by atoms with Crippen molar-refractivity contribution >= 4 is 17.7 Å². The van der Waals surface area contributed by atoms with Crippen LogP contribution in [0.2, 0.25) is 0 Å². The Balaban J connectivity index is 1.64. The summed E-state index contributed by atoms with van der Waals surface area (Å²) in [5, 5.41) is 2.83. The van der Waals surface area contributed by atoms with Crippen molar-refractivity contribution in [1.82, 2.24) is 15.1 Å². The van der Waals surface area contributed by atoms with Gasteiger partial charge in [0.2, 0.25) is 17.7 Å². The van der Waals surface area contributed by atoms with Gasteiger partial charge >= 0.3 is 6.18 Å². The number of amides is 3. The second kappa shape index (κ2) is 8.51. The van der Waals surface area contributed by atoms with Gasteiger partial charge in [0.05, 0.1) is 11.6 Å². The molecule has 31 heavy (non-hydrogen) atoms. The molecule has 1 N–H and O–H groups in total. The van der Waals surface area contributed by atoms with E-state index in [1.165, 1.54) is 23.1 Å². The number of benzene rings is 1. The predicted octanol–water partition coefficient (Wildman–Crippen LogP) is 2.96. The van der Waals surface area contributed by atoms with Crippen molar-refractivity contribution in [3.63, 3.8) is 0 Å². The Bertz CT molecular complexity index is 864. The normalized spacial score (nSPS) is 22.2. The minimum absolute atomic E-state index is 0.0214. The number of hydrogen-bond acceptors (Lipinski definition) is 3. The van der Waals surface area contributed by atoms with Crippen LogP contribution in [0.3, 0.4) is 0 Å². The molecule has 0 spiro atoms. The third kappa shape index (κ3) is 5.19. The van der Waals surface area contributed by atoms with Gasteiger partial charge in [-0.3, -0.25) is 14.4 Å². The number of alkyl halides is 3. The van der Waals surface area contributed by atoms with Gasteiger partial charge in [0.1, 0.15) is 6.04 Å². The summed E-state index contributed by atoms with van der Waals surface area (Å²) < 4.78 is 39.7. The fourth-order valence-corrected chi connectivity index (χ4v) is 4.17. The molecule has 2 aliphatic rings. The summed E-state index contributed by atoms with van der Waals surface area (Å²) in [4.78, 5) is 40.8. The molecule has 2 heterocycles. The first-order valence-electron chi connectivity index (χ1n) is 10.4. The third-order valence-electron chi connectivity index (χ3n) is 5.70. The summed E-state index contributed by atoms with van der Waals surface area (Å²) in [5.41, 5.74) is -1.35. The van der Waals surface area contributed by atoms with E-state index in [2.05, 4.69) is 5.32 Å². The smallest absolute Gasteiger partial charge is 0.349 e. The minimum atomic E-state index is -4.50. The average Bonchev–Trinajstić information content (AvgIpc) is 3.27. The molecule has 0 aliphatic carbocycles. The zero-order valence-corrected chi connectivity index (χ0v) is 18.0.